The highest BCUT2D eigenvalue weighted by Gasteiger charge is 2.29. The molecule has 0 fully saturated rings. The maximum Gasteiger partial charge on any atom is 0.0629 e. The van der Waals surface area contributed by atoms with Gasteiger partial charge in [0.05, 0.1) is 42.1 Å². The Bertz CT molecular complexity index is 4570. The summed E-state index contributed by atoms with van der Waals surface area (Å²) >= 11 is 0. The van der Waals surface area contributed by atoms with Crippen LogP contribution in [-0.4, -0.2) is 0 Å². The maximum atomic E-state index is 9.35. The van der Waals surface area contributed by atoms with Gasteiger partial charge in [-0.1, -0.05) is 202 Å². The summed E-state index contributed by atoms with van der Waals surface area (Å²) in [4.78, 5) is 4.62. The molecule has 0 amide bonds. The number of hydrogen-bond donors (Lipinski definition) is 0. The summed E-state index contributed by atoms with van der Waals surface area (Å²) in [7, 11) is 0. The monoisotopic (exact) mass is 939 g/mol. The van der Waals surface area contributed by atoms with Crippen LogP contribution < -0.4 is 9.80 Å². The van der Waals surface area contributed by atoms with Crippen molar-refractivity contribution in [2.75, 3.05) is 9.80 Å². The SMILES string of the molecule is [2H]c1c([2H])c([2H])c(-c2ccc(N(c3c(C)ccc4ccc(C)cc34)c3cc(C(C)C)c4ccc5c(N(c6ccccc6-c6c([2H])c([2H])c([2H])c([2H])c6[2H])c6c(C)ccc7ccc(C)cc67)cc(C(C)C)c6ccc3c4c65)cc2)c([2H])c1[2H]. The minimum atomic E-state index is -0.448. The Hall–Kier alpha value is -8.20. The van der Waals surface area contributed by atoms with Crippen molar-refractivity contribution < 1.29 is 13.7 Å². The molecule has 12 rings (SSSR count). The Balaban J connectivity index is 1.22. The number of aryl methyl sites for hydroxylation is 4. The van der Waals surface area contributed by atoms with Crippen LogP contribution in [-0.2, 0) is 0 Å². The van der Waals surface area contributed by atoms with Gasteiger partial charge < -0.3 is 9.80 Å². The van der Waals surface area contributed by atoms with Crippen LogP contribution in [0.15, 0.2) is 206 Å². The van der Waals surface area contributed by atoms with E-state index >= 15 is 0 Å². The first-order chi connectivity index (χ1) is 39.2. The third-order valence-corrected chi connectivity index (χ3v) is 14.6. The minimum Gasteiger partial charge on any atom is -0.309 e. The average Bonchev–Trinajstić information content (AvgIpc) is 3.64. The molecule has 0 N–H and O–H groups in total. The van der Waals surface area contributed by atoms with E-state index in [1.807, 2.05) is 48.5 Å². The molecular formula is C70H60N2. The highest BCUT2D eigenvalue weighted by Crippen LogP contribution is 2.54. The standard InChI is InChI=1S/C70H60N2/c1-43(2)60-41-65(71(54-33-31-50(32-34-54)49-17-11-9-12-18-49)69-47(7)25-29-52-27-23-45(5)39-62(52)69)58-37-35-57-61(44(3)4)42-66(59-38-36-56(60)67(58)68(57)59)72(64-22-16-15-21-55(64)51-19-13-10-14-20-51)70-48(8)26-30-53-28-24-46(6)40-63(53)70/h9-44H,1-8H3/i9D,10D,11D,12D,13D,14D,17D,18D,19D,20D. The summed E-state index contributed by atoms with van der Waals surface area (Å²) in [5, 5.41) is 10.5. The lowest BCUT2D eigenvalue weighted by molar-refractivity contribution is 0.875. The highest BCUT2D eigenvalue weighted by atomic mass is 15.2. The molecule has 2 nitrogen and oxygen atoms in total. The first-order valence-corrected chi connectivity index (χ1v) is 24.9. The van der Waals surface area contributed by atoms with E-state index in [2.05, 4.69) is 162 Å². The van der Waals surface area contributed by atoms with Gasteiger partial charge in [-0.2, -0.15) is 0 Å². The Morgan fingerprint density at radius 2 is 0.833 bits per heavy atom. The van der Waals surface area contributed by atoms with Crippen molar-refractivity contribution in [1.29, 1.82) is 0 Å². The Morgan fingerprint density at radius 1 is 0.375 bits per heavy atom. The van der Waals surface area contributed by atoms with Gasteiger partial charge in [-0.05, 0) is 153 Å². The molecule has 0 spiro atoms. The number of anilines is 6. The van der Waals surface area contributed by atoms with E-state index in [-0.39, 0.29) is 59.2 Å². The molecule has 0 aromatic heterocycles. The van der Waals surface area contributed by atoms with Gasteiger partial charge in [0.1, 0.15) is 0 Å². The van der Waals surface area contributed by atoms with Crippen LogP contribution in [0.5, 0.6) is 0 Å². The van der Waals surface area contributed by atoms with Crippen LogP contribution in [0, 0.1) is 27.7 Å². The van der Waals surface area contributed by atoms with Gasteiger partial charge >= 0.3 is 0 Å². The number of rotatable bonds is 10. The second kappa shape index (κ2) is 17.9. The Morgan fingerprint density at radius 3 is 1.36 bits per heavy atom. The molecule has 12 aromatic carbocycles. The number of hydrogen-bond acceptors (Lipinski definition) is 2. The van der Waals surface area contributed by atoms with Crippen molar-refractivity contribution in [2.45, 2.75) is 67.2 Å². The van der Waals surface area contributed by atoms with Gasteiger partial charge in [0.15, 0.2) is 0 Å². The molecule has 0 aliphatic carbocycles. The van der Waals surface area contributed by atoms with Crippen molar-refractivity contribution in [3.8, 4) is 22.3 Å². The predicted octanol–water partition coefficient (Wildman–Crippen LogP) is 20.6. The normalized spacial score (nSPS) is 13.8. The Kier molecular flexibility index (Phi) is 8.69. The molecule has 0 bridgehead atoms. The molecule has 0 radical (unpaired) electrons. The summed E-state index contributed by atoms with van der Waals surface area (Å²) < 4.78 is 88.0. The van der Waals surface area contributed by atoms with Crippen LogP contribution >= 0.6 is 0 Å². The molecule has 0 unspecified atom stereocenters. The van der Waals surface area contributed by atoms with E-state index in [9.17, 15) is 2.74 Å². The molecule has 0 saturated carbocycles. The van der Waals surface area contributed by atoms with Gasteiger partial charge in [-0.3, -0.25) is 0 Å². The van der Waals surface area contributed by atoms with Crippen LogP contribution in [0.4, 0.5) is 34.1 Å². The molecule has 0 heterocycles. The summed E-state index contributed by atoms with van der Waals surface area (Å²) in [5.41, 5.74) is 12.9. The maximum absolute atomic E-state index is 9.35. The molecule has 350 valence electrons. The van der Waals surface area contributed by atoms with Crippen molar-refractivity contribution in [3.63, 3.8) is 0 Å². The van der Waals surface area contributed by atoms with Crippen LogP contribution in [0.25, 0.3) is 76.1 Å². The first-order valence-electron chi connectivity index (χ1n) is 29.9. The van der Waals surface area contributed by atoms with Gasteiger partial charge in [-0.15, -0.1) is 0 Å². The summed E-state index contributed by atoms with van der Waals surface area (Å²) in [6.45, 7) is 17.4. The lowest BCUT2D eigenvalue weighted by Crippen LogP contribution is -2.15. The minimum absolute atomic E-state index is 0.0426. The molecule has 0 aliphatic heterocycles. The van der Waals surface area contributed by atoms with E-state index in [1.165, 1.54) is 0 Å². The van der Waals surface area contributed by atoms with E-state index in [0.717, 1.165) is 116 Å². The average molecular weight is 939 g/mol. The van der Waals surface area contributed by atoms with E-state index < -0.39 is 24.2 Å². The smallest absolute Gasteiger partial charge is 0.0629 e. The number of nitrogens with zero attached hydrogens (tertiary/aromatic N) is 2. The fraction of sp³-hybridized carbons (Fsp3) is 0.143. The number of para-hydroxylation sites is 1. The van der Waals surface area contributed by atoms with Crippen LogP contribution in [0.1, 0.15) is 86.6 Å². The third-order valence-electron chi connectivity index (χ3n) is 14.6. The third kappa shape index (κ3) is 7.48. The van der Waals surface area contributed by atoms with Crippen LogP contribution in [0.3, 0.4) is 0 Å². The lowest BCUT2D eigenvalue weighted by Gasteiger charge is -2.34. The predicted molar refractivity (Wildman–Crippen MR) is 313 cm³/mol. The largest absolute Gasteiger partial charge is 0.309 e. The van der Waals surface area contributed by atoms with Crippen molar-refractivity contribution >= 4 is 88.0 Å². The zero-order chi connectivity index (χ0) is 58.1. The molecule has 0 aliphatic rings. The van der Waals surface area contributed by atoms with Crippen molar-refractivity contribution in [1.82, 2.24) is 0 Å². The first kappa shape index (κ1) is 35.0. The van der Waals surface area contributed by atoms with Gasteiger partial charge in [0, 0.05) is 32.8 Å². The molecule has 72 heavy (non-hydrogen) atoms. The molecule has 12 aromatic rings. The van der Waals surface area contributed by atoms with Gasteiger partial charge in [0.25, 0.3) is 0 Å². The highest BCUT2D eigenvalue weighted by molar-refractivity contribution is 6.30. The van der Waals surface area contributed by atoms with Crippen molar-refractivity contribution in [3.05, 3.63) is 239 Å². The number of fused-ring (bicyclic) bond motifs is 2. The van der Waals surface area contributed by atoms with Crippen LogP contribution in [0.2, 0.25) is 0 Å². The summed E-state index contributed by atoms with van der Waals surface area (Å²) in [6.07, 6.45) is 0. The fourth-order valence-electron chi connectivity index (χ4n) is 11.2. The fourth-order valence-corrected chi connectivity index (χ4v) is 11.2. The molecule has 0 saturated heterocycles. The van der Waals surface area contributed by atoms with E-state index in [1.54, 1.807) is 0 Å². The second-order valence-corrected chi connectivity index (χ2v) is 20.0. The second-order valence-electron chi connectivity index (χ2n) is 20.0. The van der Waals surface area contributed by atoms with Gasteiger partial charge in [-0.25, -0.2) is 0 Å². The van der Waals surface area contributed by atoms with Crippen molar-refractivity contribution in [2.24, 2.45) is 0 Å². The van der Waals surface area contributed by atoms with Gasteiger partial charge in [0.2, 0.25) is 0 Å². The summed E-state index contributed by atoms with van der Waals surface area (Å²) in [5.74, 6) is 0.111. The Labute approximate surface area is 438 Å². The molecular weight excluding hydrogens is 869 g/mol. The molecule has 0 atom stereocenters. The zero-order valence-corrected chi connectivity index (χ0v) is 41.9. The lowest BCUT2D eigenvalue weighted by atomic mass is 9.83. The quantitative estimate of drug-likeness (QED) is 0.126. The zero-order valence-electron chi connectivity index (χ0n) is 51.9. The summed E-state index contributed by atoms with van der Waals surface area (Å²) in [6, 6.07) is 47.1. The molecule has 2 heteroatoms. The topological polar surface area (TPSA) is 6.48 Å². The number of benzene rings is 12. The van der Waals surface area contributed by atoms with E-state index in [4.69, 9.17) is 11.0 Å². The van der Waals surface area contributed by atoms with E-state index in [0.29, 0.717) is 16.8 Å².